The van der Waals surface area contributed by atoms with Crippen molar-refractivity contribution in [2.45, 2.75) is 32.2 Å². The lowest BCUT2D eigenvalue weighted by Crippen LogP contribution is -2.40. The first-order valence-corrected chi connectivity index (χ1v) is 7.25. The van der Waals surface area contributed by atoms with Gasteiger partial charge in [-0.2, -0.15) is 0 Å². The number of rotatable bonds is 8. The predicted molar refractivity (Wildman–Crippen MR) is 77.0 cm³/mol. The zero-order chi connectivity index (χ0) is 12.6. The highest BCUT2D eigenvalue weighted by molar-refractivity contribution is 9.09. The number of hydrogen-bond donors (Lipinski definition) is 1. The van der Waals surface area contributed by atoms with Crippen LogP contribution in [0, 0.1) is 0 Å². The van der Waals surface area contributed by atoms with Gasteiger partial charge in [-0.15, -0.1) is 0 Å². The fourth-order valence-electron chi connectivity index (χ4n) is 1.53. The van der Waals surface area contributed by atoms with Crippen LogP contribution in [0.5, 0.6) is 5.75 Å². The summed E-state index contributed by atoms with van der Waals surface area (Å²) >= 11 is 3.47. The summed E-state index contributed by atoms with van der Waals surface area (Å²) in [5.74, 6) is 0.951. The maximum Gasteiger partial charge on any atom is 0.119 e. The third kappa shape index (κ3) is 6.69. The van der Waals surface area contributed by atoms with E-state index in [-0.39, 0.29) is 5.54 Å². The van der Waals surface area contributed by atoms with Crippen molar-refractivity contribution in [2.75, 3.05) is 18.5 Å². The number of halogens is 1. The van der Waals surface area contributed by atoms with Gasteiger partial charge >= 0.3 is 0 Å². The average molecular weight is 300 g/mol. The van der Waals surface area contributed by atoms with E-state index in [9.17, 15) is 0 Å². The van der Waals surface area contributed by atoms with E-state index in [4.69, 9.17) is 4.74 Å². The Morgan fingerprint density at radius 2 is 1.94 bits per heavy atom. The minimum Gasteiger partial charge on any atom is -0.494 e. The highest BCUT2D eigenvalue weighted by atomic mass is 79.9. The molecule has 0 bridgehead atoms. The maximum atomic E-state index is 5.63. The Labute approximate surface area is 113 Å². The van der Waals surface area contributed by atoms with E-state index in [0.29, 0.717) is 0 Å². The van der Waals surface area contributed by atoms with Crippen LogP contribution in [0.2, 0.25) is 0 Å². The Bertz CT molecular complexity index is 300. The summed E-state index contributed by atoms with van der Waals surface area (Å²) in [5, 5.41) is 4.57. The second-order valence-corrected chi connectivity index (χ2v) is 5.56. The molecule has 0 aliphatic heterocycles. The molecule has 0 heterocycles. The number of hydrogen-bond acceptors (Lipinski definition) is 2. The Balaban J connectivity index is 2.09. The SMILES string of the molecule is CC(C)(CCBr)NCCCOc1ccccc1. The van der Waals surface area contributed by atoms with Crippen molar-refractivity contribution < 1.29 is 4.74 Å². The number of benzene rings is 1. The monoisotopic (exact) mass is 299 g/mol. The smallest absolute Gasteiger partial charge is 0.119 e. The molecule has 0 saturated carbocycles. The lowest BCUT2D eigenvalue weighted by molar-refractivity contribution is 0.293. The Morgan fingerprint density at radius 3 is 2.59 bits per heavy atom. The molecule has 0 saturated heterocycles. The van der Waals surface area contributed by atoms with Gasteiger partial charge in [0, 0.05) is 10.9 Å². The van der Waals surface area contributed by atoms with Crippen molar-refractivity contribution in [3.05, 3.63) is 30.3 Å². The topological polar surface area (TPSA) is 21.3 Å². The van der Waals surface area contributed by atoms with E-state index in [1.165, 1.54) is 0 Å². The molecule has 1 rings (SSSR count). The Hall–Kier alpha value is -0.540. The van der Waals surface area contributed by atoms with Crippen LogP contribution in [-0.4, -0.2) is 24.0 Å². The molecule has 96 valence electrons. The molecule has 3 heteroatoms. The number of alkyl halides is 1. The second kappa shape index (κ2) is 7.72. The molecule has 1 aromatic carbocycles. The molecule has 0 aromatic heterocycles. The van der Waals surface area contributed by atoms with Crippen molar-refractivity contribution in [3.8, 4) is 5.75 Å². The van der Waals surface area contributed by atoms with Gasteiger partial charge < -0.3 is 10.1 Å². The molecule has 0 unspecified atom stereocenters. The highest BCUT2D eigenvalue weighted by Gasteiger charge is 2.14. The van der Waals surface area contributed by atoms with Crippen molar-refractivity contribution in [3.63, 3.8) is 0 Å². The van der Waals surface area contributed by atoms with Crippen LogP contribution in [0.3, 0.4) is 0 Å². The van der Waals surface area contributed by atoms with Gasteiger partial charge in [0.25, 0.3) is 0 Å². The minimum atomic E-state index is 0.205. The Morgan fingerprint density at radius 1 is 1.24 bits per heavy atom. The quantitative estimate of drug-likeness (QED) is 0.585. The Kier molecular flexibility index (Phi) is 6.60. The van der Waals surface area contributed by atoms with Crippen LogP contribution in [0.25, 0.3) is 0 Å². The summed E-state index contributed by atoms with van der Waals surface area (Å²) in [6.07, 6.45) is 2.16. The summed E-state index contributed by atoms with van der Waals surface area (Å²) in [4.78, 5) is 0. The molecule has 1 aromatic rings. The number of nitrogens with one attached hydrogen (secondary N) is 1. The van der Waals surface area contributed by atoms with Gasteiger partial charge in [-0.05, 0) is 45.4 Å². The average Bonchev–Trinajstić information content (AvgIpc) is 2.30. The number of ether oxygens (including phenoxy) is 1. The molecule has 17 heavy (non-hydrogen) atoms. The summed E-state index contributed by atoms with van der Waals surface area (Å²) < 4.78 is 5.63. The van der Waals surface area contributed by atoms with E-state index in [2.05, 4.69) is 35.1 Å². The molecule has 0 spiro atoms. The molecule has 0 fully saturated rings. The summed E-state index contributed by atoms with van der Waals surface area (Å²) in [7, 11) is 0. The van der Waals surface area contributed by atoms with Crippen molar-refractivity contribution in [1.29, 1.82) is 0 Å². The molecule has 0 aliphatic rings. The molecule has 2 nitrogen and oxygen atoms in total. The van der Waals surface area contributed by atoms with Gasteiger partial charge in [0.1, 0.15) is 5.75 Å². The molecule has 0 radical (unpaired) electrons. The number of para-hydroxylation sites is 1. The van der Waals surface area contributed by atoms with E-state index >= 15 is 0 Å². The van der Waals surface area contributed by atoms with E-state index in [1.54, 1.807) is 0 Å². The van der Waals surface area contributed by atoms with Crippen LogP contribution in [0.15, 0.2) is 30.3 Å². The lowest BCUT2D eigenvalue weighted by Gasteiger charge is -2.25. The molecular weight excluding hydrogens is 278 g/mol. The predicted octanol–water partition coefficient (Wildman–Crippen LogP) is 3.61. The third-order valence-electron chi connectivity index (χ3n) is 2.66. The standard InChI is InChI=1S/C14H22BrNO/c1-14(2,9-10-15)16-11-6-12-17-13-7-4-3-5-8-13/h3-5,7-8,16H,6,9-12H2,1-2H3. The van der Waals surface area contributed by atoms with Gasteiger partial charge in [-0.1, -0.05) is 34.1 Å². The van der Waals surface area contributed by atoms with E-state index in [0.717, 1.165) is 37.1 Å². The summed E-state index contributed by atoms with van der Waals surface area (Å²) in [6.45, 7) is 6.22. The van der Waals surface area contributed by atoms with E-state index < -0.39 is 0 Å². The molecule has 0 atom stereocenters. The normalized spacial score (nSPS) is 11.5. The summed E-state index contributed by atoms with van der Waals surface area (Å²) in [6, 6.07) is 9.96. The van der Waals surface area contributed by atoms with Crippen molar-refractivity contribution in [1.82, 2.24) is 5.32 Å². The molecule has 0 amide bonds. The van der Waals surface area contributed by atoms with E-state index in [1.807, 2.05) is 30.3 Å². The molecule has 0 aliphatic carbocycles. The second-order valence-electron chi connectivity index (χ2n) is 4.76. The van der Waals surface area contributed by atoms with Crippen LogP contribution >= 0.6 is 15.9 Å². The van der Waals surface area contributed by atoms with Crippen LogP contribution < -0.4 is 10.1 Å². The van der Waals surface area contributed by atoms with Gasteiger partial charge in [0.15, 0.2) is 0 Å². The maximum absolute atomic E-state index is 5.63. The van der Waals surface area contributed by atoms with Crippen LogP contribution in [0.1, 0.15) is 26.7 Å². The van der Waals surface area contributed by atoms with Gasteiger partial charge in [-0.25, -0.2) is 0 Å². The highest BCUT2D eigenvalue weighted by Crippen LogP contribution is 2.10. The molecule has 1 N–H and O–H groups in total. The van der Waals surface area contributed by atoms with Crippen molar-refractivity contribution in [2.24, 2.45) is 0 Å². The first-order chi connectivity index (χ1) is 8.14. The zero-order valence-electron chi connectivity index (χ0n) is 10.7. The lowest BCUT2D eigenvalue weighted by atomic mass is 10.0. The third-order valence-corrected chi connectivity index (χ3v) is 3.05. The molecular formula is C14H22BrNO. The first kappa shape index (κ1) is 14.5. The summed E-state index contributed by atoms with van der Waals surface area (Å²) in [5.41, 5.74) is 0.205. The minimum absolute atomic E-state index is 0.205. The fourth-order valence-corrected chi connectivity index (χ4v) is 2.52. The zero-order valence-corrected chi connectivity index (χ0v) is 12.3. The van der Waals surface area contributed by atoms with Gasteiger partial charge in [0.2, 0.25) is 0 Å². The van der Waals surface area contributed by atoms with Gasteiger partial charge in [-0.3, -0.25) is 0 Å². The first-order valence-electron chi connectivity index (χ1n) is 6.13. The van der Waals surface area contributed by atoms with Crippen LogP contribution in [0.4, 0.5) is 0 Å². The van der Waals surface area contributed by atoms with Gasteiger partial charge in [0.05, 0.1) is 6.61 Å². The fraction of sp³-hybridized carbons (Fsp3) is 0.571. The largest absolute Gasteiger partial charge is 0.494 e. The van der Waals surface area contributed by atoms with Crippen LogP contribution in [-0.2, 0) is 0 Å². The van der Waals surface area contributed by atoms with Crippen molar-refractivity contribution >= 4 is 15.9 Å².